The lowest BCUT2D eigenvalue weighted by Crippen LogP contribution is -2.37. The predicted molar refractivity (Wildman–Crippen MR) is 60.0 cm³/mol. The summed E-state index contributed by atoms with van der Waals surface area (Å²) >= 11 is 0. The van der Waals surface area contributed by atoms with E-state index in [1.54, 1.807) is 14.2 Å². The molecule has 14 heavy (non-hydrogen) atoms. The molecule has 0 aliphatic heterocycles. The van der Waals surface area contributed by atoms with Crippen molar-refractivity contribution in [1.29, 1.82) is 0 Å². The fraction of sp³-hybridized carbons (Fsp3) is 0.455. The quantitative estimate of drug-likeness (QED) is 0.700. The van der Waals surface area contributed by atoms with Gasteiger partial charge in [0.25, 0.3) is 0 Å². The second-order valence-electron chi connectivity index (χ2n) is 3.21. The molecule has 0 aliphatic rings. The van der Waals surface area contributed by atoms with Gasteiger partial charge >= 0.3 is 9.28 Å². The molecule has 0 aliphatic carbocycles. The average molecular weight is 209 g/mol. The summed E-state index contributed by atoms with van der Waals surface area (Å²) in [5.41, 5.74) is 2.59. The third-order valence-electron chi connectivity index (χ3n) is 2.24. The Morgan fingerprint density at radius 2 is 1.86 bits per heavy atom. The van der Waals surface area contributed by atoms with E-state index in [0.29, 0.717) is 0 Å². The van der Waals surface area contributed by atoms with Gasteiger partial charge in [0.05, 0.1) is 0 Å². The van der Waals surface area contributed by atoms with Gasteiger partial charge in [0.1, 0.15) is 0 Å². The molecule has 0 amide bonds. The van der Waals surface area contributed by atoms with Crippen LogP contribution in [0.5, 0.6) is 0 Å². The van der Waals surface area contributed by atoms with Crippen LogP contribution in [0.2, 0.25) is 0 Å². The molecule has 77 valence electrons. The topological polar surface area (TPSA) is 18.5 Å². The van der Waals surface area contributed by atoms with Crippen LogP contribution in [0.4, 0.5) is 0 Å². The number of rotatable bonds is 4. The molecule has 0 N–H and O–H groups in total. The van der Waals surface area contributed by atoms with Crippen LogP contribution in [0.25, 0.3) is 0 Å². The van der Waals surface area contributed by atoms with Gasteiger partial charge in [-0.1, -0.05) is 30.7 Å². The fourth-order valence-electron chi connectivity index (χ4n) is 1.49. The van der Waals surface area contributed by atoms with Crippen molar-refractivity contribution in [1.82, 2.24) is 0 Å². The van der Waals surface area contributed by atoms with Crippen LogP contribution >= 0.6 is 0 Å². The first-order chi connectivity index (χ1) is 6.72. The maximum atomic E-state index is 5.36. The van der Waals surface area contributed by atoms with E-state index < -0.39 is 9.28 Å². The highest BCUT2D eigenvalue weighted by molar-refractivity contribution is 6.61. The Kier molecular flexibility index (Phi) is 4.32. The SMILES string of the molecule is CCc1ccc(C)cc1[Si](OC)OC. The molecule has 0 aromatic heterocycles. The molecular formula is C11H17O2Si. The molecule has 2 nitrogen and oxygen atoms in total. The van der Waals surface area contributed by atoms with E-state index in [4.69, 9.17) is 8.85 Å². The molecule has 0 saturated carbocycles. The molecular weight excluding hydrogens is 192 g/mol. The summed E-state index contributed by atoms with van der Waals surface area (Å²) in [5, 5.41) is 1.24. The summed E-state index contributed by atoms with van der Waals surface area (Å²) in [6.45, 7) is 4.24. The lowest BCUT2D eigenvalue weighted by atomic mass is 10.1. The molecule has 0 fully saturated rings. The van der Waals surface area contributed by atoms with Crippen LogP contribution in [0.1, 0.15) is 18.1 Å². The van der Waals surface area contributed by atoms with Crippen molar-refractivity contribution in [2.24, 2.45) is 0 Å². The zero-order valence-corrected chi connectivity index (χ0v) is 10.3. The lowest BCUT2D eigenvalue weighted by molar-refractivity contribution is 0.291. The molecule has 1 aromatic carbocycles. The van der Waals surface area contributed by atoms with Gasteiger partial charge in [-0.2, -0.15) is 0 Å². The van der Waals surface area contributed by atoms with E-state index in [1.807, 2.05) is 0 Å². The van der Waals surface area contributed by atoms with Crippen LogP contribution in [0, 0.1) is 6.92 Å². The summed E-state index contributed by atoms with van der Waals surface area (Å²) in [6, 6.07) is 6.46. The Labute approximate surface area is 87.7 Å². The van der Waals surface area contributed by atoms with Crippen LogP contribution in [0.3, 0.4) is 0 Å². The molecule has 0 saturated heterocycles. The normalized spacial score (nSPS) is 10.9. The van der Waals surface area contributed by atoms with Gasteiger partial charge in [-0.3, -0.25) is 0 Å². The summed E-state index contributed by atoms with van der Waals surface area (Å²) in [5.74, 6) is 0. The van der Waals surface area contributed by atoms with Crippen LogP contribution in [0.15, 0.2) is 18.2 Å². The zero-order chi connectivity index (χ0) is 10.6. The van der Waals surface area contributed by atoms with Crippen molar-refractivity contribution in [3.63, 3.8) is 0 Å². The van der Waals surface area contributed by atoms with Crippen molar-refractivity contribution in [2.75, 3.05) is 14.2 Å². The molecule has 0 bridgehead atoms. The Morgan fingerprint density at radius 3 is 2.36 bits per heavy atom. The maximum absolute atomic E-state index is 5.36. The molecule has 1 radical (unpaired) electrons. The van der Waals surface area contributed by atoms with Crippen molar-refractivity contribution in [3.05, 3.63) is 29.3 Å². The van der Waals surface area contributed by atoms with Crippen molar-refractivity contribution in [2.45, 2.75) is 20.3 Å². The largest absolute Gasteiger partial charge is 0.423 e. The monoisotopic (exact) mass is 209 g/mol. The van der Waals surface area contributed by atoms with Gasteiger partial charge in [-0.05, 0) is 24.1 Å². The minimum Gasteiger partial charge on any atom is -0.393 e. The first-order valence-electron chi connectivity index (χ1n) is 4.77. The van der Waals surface area contributed by atoms with Gasteiger partial charge in [0.2, 0.25) is 0 Å². The summed E-state index contributed by atoms with van der Waals surface area (Å²) in [6.07, 6.45) is 1.02. The Bertz CT molecular complexity index is 295. The number of benzene rings is 1. The minimum atomic E-state index is -1.26. The number of hydrogen-bond donors (Lipinski definition) is 0. The van der Waals surface area contributed by atoms with Gasteiger partial charge in [-0.25, -0.2) is 0 Å². The molecule has 0 atom stereocenters. The first-order valence-corrected chi connectivity index (χ1v) is 6.09. The minimum absolute atomic E-state index is 1.02. The Hall–Kier alpha value is -0.643. The van der Waals surface area contributed by atoms with E-state index in [-0.39, 0.29) is 0 Å². The fourth-order valence-corrected chi connectivity index (χ4v) is 2.97. The molecule has 3 heteroatoms. The van der Waals surface area contributed by atoms with Crippen LogP contribution in [-0.2, 0) is 15.3 Å². The third kappa shape index (κ3) is 2.44. The maximum Gasteiger partial charge on any atom is 0.423 e. The average Bonchev–Trinajstić information content (AvgIpc) is 2.20. The van der Waals surface area contributed by atoms with Crippen LogP contribution < -0.4 is 5.19 Å². The second-order valence-corrected chi connectivity index (χ2v) is 5.14. The number of aryl methyl sites for hydroxylation is 2. The Morgan fingerprint density at radius 1 is 1.21 bits per heavy atom. The van der Waals surface area contributed by atoms with E-state index >= 15 is 0 Å². The van der Waals surface area contributed by atoms with Crippen molar-refractivity contribution in [3.8, 4) is 0 Å². The van der Waals surface area contributed by atoms with Crippen molar-refractivity contribution >= 4 is 14.5 Å². The van der Waals surface area contributed by atoms with Crippen molar-refractivity contribution < 1.29 is 8.85 Å². The lowest BCUT2D eigenvalue weighted by Gasteiger charge is -2.14. The van der Waals surface area contributed by atoms with Gasteiger partial charge < -0.3 is 8.85 Å². The highest BCUT2D eigenvalue weighted by Gasteiger charge is 2.18. The van der Waals surface area contributed by atoms with E-state index in [2.05, 4.69) is 32.0 Å². The molecule has 1 aromatic rings. The van der Waals surface area contributed by atoms with Gasteiger partial charge in [-0.15, -0.1) is 0 Å². The molecule has 0 unspecified atom stereocenters. The third-order valence-corrected chi connectivity index (χ3v) is 3.88. The standard InChI is InChI=1S/C11H17O2Si/c1-5-10-7-6-9(2)8-11(10)14(12-3)13-4/h6-8H,5H2,1-4H3. The van der Waals surface area contributed by atoms with E-state index in [1.165, 1.54) is 16.3 Å². The highest BCUT2D eigenvalue weighted by atomic mass is 28.3. The first kappa shape index (κ1) is 11.4. The smallest absolute Gasteiger partial charge is 0.393 e. The molecule has 0 spiro atoms. The van der Waals surface area contributed by atoms with Gasteiger partial charge in [0, 0.05) is 14.2 Å². The summed E-state index contributed by atoms with van der Waals surface area (Å²) < 4.78 is 10.7. The summed E-state index contributed by atoms with van der Waals surface area (Å²) in [7, 11) is 2.15. The highest BCUT2D eigenvalue weighted by Crippen LogP contribution is 2.04. The predicted octanol–water partition coefficient (Wildman–Crippen LogP) is 1.55. The second kappa shape index (κ2) is 5.29. The molecule has 0 heterocycles. The van der Waals surface area contributed by atoms with Gasteiger partial charge in [0.15, 0.2) is 0 Å². The van der Waals surface area contributed by atoms with Crippen LogP contribution in [-0.4, -0.2) is 23.5 Å². The van der Waals surface area contributed by atoms with E-state index in [9.17, 15) is 0 Å². The Balaban J connectivity index is 3.08. The zero-order valence-electron chi connectivity index (χ0n) is 9.26. The van der Waals surface area contributed by atoms with E-state index in [0.717, 1.165) is 6.42 Å². The summed E-state index contributed by atoms with van der Waals surface area (Å²) in [4.78, 5) is 0. The number of hydrogen-bond acceptors (Lipinski definition) is 2. The molecule has 1 rings (SSSR count).